The number of rotatable bonds is 7. The summed E-state index contributed by atoms with van der Waals surface area (Å²) in [6.07, 6.45) is 4.83. The highest BCUT2D eigenvalue weighted by molar-refractivity contribution is 7.88. The largest absolute Gasteiger partial charge is 0.367 e. The van der Waals surface area contributed by atoms with E-state index in [1.54, 1.807) is 0 Å². The molecule has 1 saturated heterocycles. The van der Waals surface area contributed by atoms with Crippen LogP contribution < -0.4 is 10.2 Å². The van der Waals surface area contributed by atoms with Crippen molar-refractivity contribution in [2.45, 2.75) is 32.6 Å². The Morgan fingerprint density at radius 2 is 1.79 bits per heavy atom. The van der Waals surface area contributed by atoms with Gasteiger partial charge in [0.15, 0.2) is 0 Å². The summed E-state index contributed by atoms with van der Waals surface area (Å²) in [6.45, 7) is 4.30. The number of carbonyl (C=O) groups excluding carboxylic acids is 1. The fourth-order valence-corrected chi connectivity index (χ4v) is 3.69. The second kappa shape index (κ2) is 8.48. The predicted molar refractivity (Wildman–Crippen MR) is 97.8 cm³/mol. The van der Waals surface area contributed by atoms with Gasteiger partial charge < -0.3 is 10.2 Å². The molecule has 0 bridgehead atoms. The number of hydrogen-bond donors (Lipinski definition) is 1. The van der Waals surface area contributed by atoms with Gasteiger partial charge in [-0.05, 0) is 18.6 Å². The van der Waals surface area contributed by atoms with Gasteiger partial charge in [-0.15, -0.1) is 0 Å². The van der Waals surface area contributed by atoms with Crippen LogP contribution in [0.5, 0.6) is 0 Å². The molecule has 0 radical (unpaired) electrons. The van der Waals surface area contributed by atoms with Crippen LogP contribution in [0.15, 0.2) is 24.3 Å². The van der Waals surface area contributed by atoms with Crippen LogP contribution in [0.4, 0.5) is 11.4 Å². The molecule has 0 unspecified atom stereocenters. The standard InChI is InChI=1S/C17H27N3O3S/c1-3-4-5-10-17(21)18-15-8-6-7-9-16(15)19-11-13-20(14-12-19)24(2,22)23/h6-9H,3-5,10-14H2,1-2H3,(H,18,21). The molecule has 7 heteroatoms. The van der Waals surface area contributed by atoms with Crippen LogP contribution in [0.3, 0.4) is 0 Å². The van der Waals surface area contributed by atoms with Crippen molar-refractivity contribution in [3.8, 4) is 0 Å². The summed E-state index contributed by atoms with van der Waals surface area (Å²) in [6, 6.07) is 7.71. The number of piperazine rings is 1. The summed E-state index contributed by atoms with van der Waals surface area (Å²) in [4.78, 5) is 14.2. The highest BCUT2D eigenvalue weighted by Gasteiger charge is 2.24. The van der Waals surface area contributed by atoms with Gasteiger partial charge in [-0.3, -0.25) is 4.79 Å². The van der Waals surface area contributed by atoms with E-state index < -0.39 is 10.0 Å². The number of sulfonamides is 1. The zero-order valence-corrected chi connectivity index (χ0v) is 15.3. The zero-order valence-electron chi connectivity index (χ0n) is 14.5. The Morgan fingerprint density at radius 1 is 1.12 bits per heavy atom. The fourth-order valence-electron chi connectivity index (χ4n) is 2.86. The van der Waals surface area contributed by atoms with Crippen molar-refractivity contribution >= 4 is 27.3 Å². The van der Waals surface area contributed by atoms with Crippen molar-refractivity contribution < 1.29 is 13.2 Å². The van der Waals surface area contributed by atoms with E-state index in [1.165, 1.54) is 10.6 Å². The van der Waals surface area contributed by atoms with Gasteiger partial charge in [-0.1, -0.05) is 31.9 Å². The SMILES string of the molecule is CCCCCC(=O)Nc1ccccc1N1CCN(S(C)(=O)=O)CC1. The normalized spacial score (nSPS) is 16.2. The summed E-state index contributed by atoms with van der Waals surface area (Å²) >= 11 is 0. The predicted octanol–water partition coefficient (Wildman–Crippen LogP) is 2.29. The van der Waals surface area contributed by atoms with Crippen molar-refractivity contribution in [1.82, 2.24) is 4.31 Å². The van der Waals surface area contributed by atoms with Crippen LogP contribution >= 0.6 is 0 Å². The first-order valence-electron chi connectivity index (χ1n) is 8.50. The summed E-state index contributed by atoms with van der Waals surface area (Å²) in [7, 11) is -3.14. The van der Waals surface area contributed by atoms with Crippen LogP contribution in [0.25, 0.3) is 0 Å². The number of anilines is 2. The molecule has 1 aromatic carbocycles. The maximum Gasteiger partial charge on any atom is 0.224 e. The van der Waals surface area contributed by atoms with E-state index in [4.69, 9.17) is 0 Å². The highest BCUT2D eigenvalue weighted by Crippen LogP contribution is 2.27. The number of para-hydroxylation sites is 2. The molecule has 134 valence electrons. The molecule has 0 saturated carbocycles. The highest BCUT2D eigenvalue weighted by atomic mass is 32.2. The third-order valence-electron chi connectivity index (χ3n) is 4.23. The number of nitrogens with zero attached hydrogens (tertiary/aromatic N) is 2. The maximum atomic E-state index is 12.1. The Labute approximate surface area is 144 Å². The molecular formula is C17H27N3O3S. The van der Waals surface area contributed by atoms with E-state index in [1.807, 2.05) is 24.3 Å². The Kier molecular flexibility index (Phi) is 6.62. The number of benzene rings is 1. The van der Waals surface area contributed by atoms with E-state index >= 15 is 0 Å². The first kappa shape index (κ1) is 18.7. The average Bonchev–Trinajstić information content (AvgIpc) is 2.55. The fraction of sp³-hybridized carbons (Fsp3) is 0.588. The molecule has 1 aromatic rings. The van der Waals surface area contributed by atoms with E-state index in [2.05, 4.69) is 17.1 Å². The van der Waals surface area contributed by atoms with Gasteiger partial charge in [0.05, 0.1) is 17.6 Å². The number of unbranched alkanes of at least 4 members (excludes halogenated alkanes) is 2. The van der Waals surface area contributed by atoms with Crippen LogP contribution in [0.2, 0.25) is 0 Å². The average molecular weight is 353 g/mol. The van der Waals surface area contributed by atoms with Gasteiger partial charge in [0.25, 0.3) is 0 Å². The molecule has 0 aromatic heterocycles. The first-order valence-corrected chi connectivity index (χ1v) is 10.4. The number of hydrogen-bond acceptors (Lipinski definition) is 4. The molecule has 24 heavy (non-hydrogen) atoms. The summed E-state index contributed by atoms with van der Waals surface area (Å²) in [5.74, 6) is 0.0330. The topological polar surface area (TPSA) is 69.7 Å². The van der Waals surface area contributed by atoms with Gasteiger partial charge in [0, 0.05) is 32.6 Å². The maximum absolute atomic E-state index is 12.1. The van der Waals surface area contributed by atoms with Crippen LogP contribution in [0, 0.1) is 0 Å². The van der Waals surface area contributed by atoms with Crippen LogP contribution in [-0.4, -0.2) is 51.1 Å². The lowest BCUT2D eigenvalue weighted by Gasteiger charge is -2.35. The molecule has 0 aliphatic carbocycles. The smallest absolute Gasteiger partial charge is 0.224 e. The minimum absolute atomic E-state index is 0.0330. The molecular weight excluding hydrogens is 326 g/mol. The lowest BCUT2D eigenvalue weighted by Crippen LogP contribution is -2.48. The molecule has 1 aliphatic rings. The quantitative estimate of drug-likeness (QED) is 0.764. The Bertz CT molecular complexity index is 653. The van der Waals surface area contributed by atoms with Crippen molar-refractivity contribution in [3.63, 3.8) is 0 Å². The number of amides is 1. The van der Waals surface area contributed by atoms with Crippen molar-refractivity contribution in [2.75, 3.05) is 42.7 Å². The van der Waals surface area contributed by atoms with Crippen LogP contribution in [0.1, 0.15) is 32.6 Å². The molecule has 0 spiro atoms. The third-order valence-corrected chi connectivity index (χ3v) is 5.54. The van der Waals surface area contributed by atoms with Gasteiger partial charge in [0.1, 0.15) is 0 Å². The Hall–Kier alpha value is -1.60. The Morgan fingerprint density at radius 3 is 2.42 bits per heavy atom. The molecule has 6 nitrogen and oxygen atoms in total. The van der Waals surface area contributed by atoms with Gasteiger partial charge in [0.2, 0.25) is 15.9 Å². The molecule has 1 aliphatic heterocycles. The van der Waals surface area contributed by atoms with E-state index in [0.29, 0.717) is 32.6 Å². The van der Waals surface area contributed by atoms with E-state index in [9.17, 15) is 13.2 Å². The zero-order chi connectivity index (χ0) is 17.6. The second-order valence-corrected chi connectivity index (χ2v) is 8.15. The monoisotopic (exact) mass is 353 g/mol. The summed E-state index contributed by atoms with van der Waals surface area (Å²) in [5, 5.41) is 3.00. The molecule has 1 heterocycles. The minimum Gasteiger partial charge on any atom is -0.367 e. The molecule has 2 rings (SSSR count). The first-order chi connectivity index (χ1) is 11.4. The lowest BCUT2D eigenvalue weighted by atomic mass is 10.2. The van der Waals surface area contributed by atoms with E-state index in [0.717, 1.165) is 30.6 Å². The van der Waals surface area contributed by atoms with E-state index in [-0.39, 0.29) is 5.91 Å². The minimum atomic E-state index is -3.14. The molecule has 1 fully saturated rings. The van der Waals surface area contributed by atoms with Gasteiger partial charge in [-0.2, -0.15) is 4.31 Å². The lowest BCUT2D eigenvalue weighted by molar-refractivity contribution is -0.116. The van der Waals surface area contributed by atoms with Gasteiger partial charge in [-0.25, -0.2) is 8.42 Å². The third kappa shape index (κ3) is 5.21. The van der Waals surface area contributed by atoms with Crippen molar-refractivity contribution in [1.29, 1.82) is 0 Å². The van der Waals surface area contributed by atoms with Crippen molar-refractivity contribution in [2.24, 2.45) is 0 Å². The number of nitrogens with one attached hydrogen (secondary N) is 1. The summed E-state index contributed by atoms with van der Waals surface area (Å²) < 4.78 is 24.7. The molecule has 1 amide bonds. The summed E-state index contributed by atoms with van der Waals surface area (Å²) in [5.41, 5.74) is 1.75. The van der Waals surface area contributed by atoms with Crippen LogP contribution in [-0.2, 0) is 14.8 Å². The molecule has 0 atom stereocenters. The molecule has 1 N–H and O–H groups in total. The van der Waals surface area contributed by atoms with Crippen molar-refractivity contribution in [3.05, 3.63) is 24.3 Å². The number of carbonyl (C=O) groups is 1. The van der Waals surface area contributed by atoms with Gasteiger partial charge >= 0.3 is 0 Å². The Balaban J connectivity index is 2.00. The second-order valence-electron chi connectivity index (χ2n) is 6.17.